The van der Waals surface area contributed by atoms with Gasteiger partial charge in [-0.15, -0.1) is 0 Å². The second kappa shape index (κ2) is 13.0. The Bertz CT molecular complexity index is 1320. The highest BCUT2D eigenvalue weighted by atomic mass is 16.5. The van der Waals surface area contributed by atoms with Crippen molar-refractivity contribution < 1.29 is 18.9 Å². The topological polar surface area (TPSA) is 36.9 Å². The van der Waals surface area contributed by atoms with Crippen molar-refractivity contribution in [2.75, 3.05) is 0 Å². The van der Waals surface area contributed by atoms with E-state index in [0.29, 0.717) is 37.1 Å². The van der Waals surface area contributed by atoms with E-state index in [9.17, 15) is 0 Å². The molecule has 0 amide bonds. The lowest BCUT2D eigenvalue weighted by Gasteiger charge is -2.19. The molecule has 5 aromatic carbocycles. The van der Waals surface area contributed by atoms with Crippen molar-refractivity contribution >= 4 is 0 Å². The first kappa shape index (κ1) is 25.0. The molecule has 4 heteroatoms. The van der Waals surface area contributed by atoms with Crippen LogP contribution in [0.25, 0.3) is 0 Å². The van der Waals surface area contributed by atoms with Crippen LogP contribution in [0.2, 0.25) is 0 Å². The molecule has 38 heavy (non-hydrogen) atoms. The fourth-order valence-corrected chi connectivity index (χ4v) is 3.96. The molecular formula is C34H30O4. The van der Waals surface area contributed by atoms with Crippen LogP contribution >= 0.6 is 0 Å². The molecule has 4 nitrogen and oxygen atoms in total. The van der Waals surface area contributed by atoms with E-state index >= 15 is 0 Å². The van der Waals surface area contributed by atoms with Gasteiger partial charge < -0.3 is 18.9 Å². The summed E-state index contributed by atoms with van der Waals surface area (Å²) in [4.78, 5) is 0. The Morgan fingerprint density at radius 1 is 0.342 bits per heavy atom. The summed E-state index contributed by atoms with van der Waals surface area (Å²) in [5.74, 6) is 2.78. The van der Waals surface area contributed by atoms with Crippen LogP contribution in [-0.2, 0) is 26.4 Å². The third-order valence-corrected chi connectivity index (χ3v) is 5.99. The zero-order valence-corrected chi connectivity index (χ0v) is 21.2. The molecule has 0 unspecified atom stereocenters. The maximum atomic E-state index is 6.36. The van der Waals surface area contributed by atoms with Crippen LogP contribution in [0.5, 0.6) is 23.0 Å². The van der Waals surface area contributed by atoms with Crippen molar-refractivity contribution in [3.63, 3.8) is 0 Å². The fourth-order valence-electron chi connectivity index (χ4n) is 3.96. The maximum absolute atomic E-state index is 6.36. The summed E-state index contributed by atoms with van der Waals surface area (Å²) < 4.78 is 25.1. The number of para-hydroxylation sites is 1. The first-order chi connectivity index (χ1) is 18.8. The van der Waals surface area contributed by atoms with Gasteiger partial charge in [0.25, 0.3) is 0 Å². The second-order valence-corrected chi connectivity index (χ2v) is 8.82. The summed E-state index contributed by atoms with van der Waals surface area (Å²) in [6, 6.07) is 43.9. The number of benzene rings is 5. The highest BCUT2D eigenvalue weighted by Gasteiger charge is 2.17. The van der Waals surface area contributed by atoms with Crippen LogP contribution in [0.3, 0.4) is 0 Å². The Labute approximate surface area is 224 Å². The minimum absolute atomic E-state index is 0.289. The van der Waals surface area contributed by atoms with Crippen molar-refractivity contribution in [2.45, 2.75) is 26.4 Å². The molecule has 0 aliphatic heterocycles. The summed E-state index contributed by atoms with van der Waals surface area (Å²) in [6.07, 6.45) is 0. The zero-order chi connectivity index (χ0) is 25.8. The van der Waals surface area contributed by atoms with E-state index in [2.05, 4.69) is 0 Å². The molecule has 5 rings (SSSR count). The zero-order valence-electron chi connectivity index (χ0n) is 21.2. The molecular weight excluding hydrogens is 472 g/mol. The smallest absolute Gasteiger partial charge is 0.133 e. The van der Waals surface area contributed by atoms with Gasteiger partial charge in [-0.25, -0.2) is 0 Å². The number of ether oxygens (including phenoxy) is 4. The highest BCUT2D eigenvalue weighted by Crippen LogP contribution is 2.36. The first-order valence-electron chi connectivity index (χ1n) is 12.7. The van der Waals surface area contributed by atoms with E-state index in [1.54, 1.807) is 0 Å². The van der Waals surface area contributed by atoms with E-state index in [4.69, 9.17) is 18.9 Å². The Hall–Kier alpha value is -4.70. The Kier molecular flexibility index (Phi) is 8.56. The van der Waals surface area contributed by atoms with Crippen molar-refractivity contribution in [3.05, 3.63) is 156 Å². The summed E-state index contributed by atoms with van der Waals surface area (Å²) in [6.45, 7) is 1.56. The van der Waals surface area contributed by atoms with Crippen LogP contribution < -0.4 is 18.9 Å². The number of hydrogen-bond donors (Lipinski definition) is 0. The monoisotopic (exact) mass is 502 g/mol. The van der Waals surface area contributed by atoms with Gasteiger partial charge in [-0.05, 0) is 28.8 Å². The third kappa shape index (κ3) is 7.17. The molecule has 0 radical (unpaired) electrons. The Morgan fingerprint density at radius 3 is 1.16 bits per heavy atom. The number of hydrogen-bond acceptors (Lipinski definition) is 4. The first-order valence-corrected chi connectivity index (χ1v) is 12.7. The molecule has 0 aliphatic carbocycles. The molecule has 0 aliphatic rings. The molecule has 190 valence electrons. The third-order valence-electron chi connectivity index (χ3n) is 5.99. The summed E-state index contributed by atoms with van der Waals surface area (Å²) >= 11 is 0. The molecule has 0 atom stereocenters. The van der Waals surface area contributed by atoms with Gasteiger partial charge in [0, 0.05) is 12.1 Å². The molecule has 0 saturated heterocycles. The van der Waals surface area contributed by atoms with Gasteiger partial charge in [0.2, 0.25) is 0 Å². The van der Waals surface area contributed by atoms with Crippen LogP contribution in [-0.4, -0.2) is 0 Å². The predicted octanol–water partition coefficient (Wildman–Crippen LogP) is 8.00. The minimum atomic E-state index is 0.289. The Balaban J connectivity index is 1.45. The minimum Gasteiger partial charge on any atom is -0.489 e. The van der Waals surface area contributed by atoms with E-state index in [-0.39, 0.29) is 6.61 Å². The molecule has 0 heterocycles. The van der Waals surface area contributed by atoms with Crippen LogP contribution in [0.15, 0.2) is 133 Å². The van der Waals surface area contributed by atoms with Crippen LogP contribution in [0.1, 0.15) is 22.3 Å². The van der Waals surface area contributed by atoms with Gasteiger partial charge in [-0.1, -0.05) is 109 Å². The van der Waals surface area contributed by atoms with E-state index in [0.717, 1.165) is 28.0 Å². The molecule has 0 aromatic heterocycles. The molecule has 0 saturated carbocycles. The van der Waals surface area contributed by atoms with E-state index < -0.39 is 0 Å². The molecule has 0 N–H and O–H groups in total. The van der Waals surface area contributed by atoms with Crippen molar-refractivity contribution in [1.82, 2.24) is 0 Å². The molecule has 5 aromatic rings. The normalized spacial score (nSPS) is 10.5. The lowest BCUT2D eigenvalue weighted by atomic mass is 10.1. The summed E-state index contributed by atoms with van der Waals surface area (Å²) in [5.41, 5.74) is 4.06. The molecule has 0 bridgehead atoms. The second-order valence-electron chi connectivity index (χ2n) is 8.82. The number of rotatable bonds is 12. The standard InChI is InChI=1S/C34H30O4/c1-5-13-27(14-6-1)23-35-31-21-33(37-24-28-15-7-2-8-16-28)32(26-36-30-19-11-4-12-20-30)34(22-31)38-25-29-17-9-3-10-18-29/h1-22H,23-26H2. The van der Waals surface area contributed by atoms with Gasteiger partial charge in [0.15, 0.2) is 0 Å². The molecule has 0 fully saturated rings. The summed E-state index contributed by atoms with van der Waals surface area (Å²) in [7, 11) is 0. The summed E-state index contributed by atoms with van der Waals surface area (Å²) in [5, 5.41) is 0. The van der Waals surface area contributed by atoms with Crippen molar-refractivity contribution in [3.8, 4) is 23.0 Å². The van der Waals surface area contributed by atoms with Crippen LogP contribution in [0.4, 0.5) is 0 Å². The highest BCUT2D eigenvalue weighted by molar-refractivity contribution is 5.51. The average Bonchev–Trinajstić information content (AvgIpc) is 2.99. The SMILES string of the molecule is c1ccc(COc2cc(OCc3ccccc3)c(COc3ccccc3)c(OCc3ccccc3)c2)cc1. The predicted molar refractivity (Wildman–Crippen MR) is 150 cm³/mol. The van der Waals surface area contributed by atoms with Crippen LogP contribution in [0, 0.1) is 0 Å². The van der Waals surface area contributed by atoms with Crippen molar-refractivity contribution in [1.29, 1.82) is 0 Å². The lowest BCUT2D eigenvalue weighted by Crippen LogP contribution is -2.07. The van der Waals surface area contributed by atoms with Gasteiger partial charge >= 0.3 is 0 Å². The maximum Gasteiger partial charge on any atom is 0.133 e. The van der Waals surface area contributed by atoms with E-state index in [1.165, 1.54) is 0 Å². The quantitative estimate of drug-likeness (QED) is 0.173. The van der Waals surface area contributed by atoms with Gasteiger partial charge in [-0.3, -0.25) is 0 Å². The average molecular weight is 503 g/mol. The van der Waals surface area contributed by atoms with E-state index in [1.807, 2.05) is 133 Å². The lowest BCUT2D eigenvalue weighted by molar-refractivity contribution is 0.246. The molecule has 0 spiro atoms. The van der Waals surface area contributed by atoms with Gasteiger partial charge in [-0.2, -0.15) is 0 Å². The van der Waals surface area contributed by atoms with Gasteiger partial charge in [0.05, 0.1) is 5.56 Å². The fraction of sp³-hybridized carbons (Fsp3) is 0.118. The Morgan fingerprint density at radius 2 is 0.711 bits per heavy atom. The van der Waals surface area contributed by atoms with Crippen molar-refractivity contribution in [2.24, 2.45) is 0 Å². The largest absolute Gasteiger partial charge is 0.489 e. The van der Waals surface area contributed by atoms with Gasteiger partial charge in [0.1, 0.15) is 49.4 Å².